The van der Waals surface area contributed by atoms with E-state index in [1.54, 1.807) is 13.0 Å². The van der Waals surface area contributed by atoms with Crippen LogP contribution in [0.1, 0.15) is 32.6 Å². The molecule has 0 atom stereocenters. The molecular weight excluding hydrogens is 414 g/mol. The van der Waals surface area contributed by atoms with Crippen LogP contribution in [0.15, 0.2) is 23.1 Å². The average Bonchev–Trinajstić information content (AvgIpc) is 2.73. The summed E-state index contributed by atoms with van der Waals surface area (Å²) >= 11 is 0. The van der Waals surface area contributed by atoms with Crippen LogP contribution in [0.3, 0.4) is 0 Å². The van der Waals surface area contributed by atoms with E-state index in [-0.39, 0.29) is 17.3 Å². The number of sulfonamides is 1. The molecule has 0 saturated carbocycles. The van der Waals surface area contributed by atoms with Gasteiger partial charge in [-0.15, -0.1) is 0 Å². The van der Waals surface area contributed by atoms with Gasteiger partial charge >= 0.3 is 6.09 Å². The Morgan fingerprint density at radius 2 is 1.73 bits per heavy atom. The third kappa shape index (κ3) is 8.07. The van der Waals surface area contributed by atoms with Crippen LogP contribution in [0.5, 0.6) is 11.5 Å². The molecule has 1 aromatic carbocycles. The summed E-state index contributed by atoms with van der Waals surface area (Å²) in [5.74, 6) is 0.847. The molecule has 0 aliphatic carbocycles. The Bertz CT molecular complexity index is 814. The highest BCUT2D eigenvalue weighted by molar-refractivity contribution is 7.89. The second-order valence-electron chi connectivity index (χ2n) is 6.51. The number of carbonyl (C=O) groups excluding carboxylic acids is 2. The highest BCUT2D eigenvalue weighted by atomic mass is 32.2. The number of amides is 2. The predicted octanol–water partition coefficient (Wildman–Crippen LogP) is 1.16. The standard InChI is InChI=1S/C19H29N3O7S/c1-2-27-19(24)21-11-10-20-18(23)6-4-3-5-9-22-30(25,26)15-7-8-16-17(14-15)29-13-12-28-16/h7-8,14,22H,2-6,9-13H2,1H3,(H,20,23)(H,21,24). The zero-order chi connectivity index (χ0) is 21.8. The van der Waals surface area contributed by atoms with Crippen LogP contribution in [-0.4, -0.2) is 59.9 Å². The summed E-state index contributed by atoms with van der Waals surface area (Å²) in [4.78, 5) is 22.9. The van der Waals surface area contributed by atoms with Crippen molar-refractivity contribution in [2.24, 2.45) is 0 Å². The summed E-state index contributed by atoms with van der Waals surface area (Å²) in [6.45, 7) is 3.75. The highest BCUT2D eigenvalue weighted by Crippen LogP contribution is 2.32. The number of rotatable bonds is 12. The monoisotopic (exact) mass is 443 g/mol. The fraction of sp³-hybridized carbons (Fsp3) is 0.579. The van der Waals surface area contributed by atoms with E-state index >= 15 is 0 Å². The second kappa shape index (κ2) is 12.2. The molecule has 0 unspecified atom stereocenters. The molecule has 1 aliphatic heterocycles. The van der Waals surface area contributed by atoms with Gasteiger partial charge in [0, 0.05) is 32.1 Å². The summed E-state index contributed by atoms with van der Waals surface area (Å²) in [5.41, 5.74) is 0. The molecular formula is C19H29N3O7S. The second-order valence-corrected chi connectivity index (χ2v) is 8.28. The first-order chi connectivity index (χ1) is 14.4. The van der Waals surface area contributed by atoms with E-state index in [0.717, 1.165) is 0 Å². The van der Waals surface area contributed by atoms with Crippen molar-refractivity contribution in [3.63, 3.8) is 0 Å². The van der Waals surface area contributed by atoms with E-state index < -0.39 is 16.1 Å². The van der Waals surface area contributed by atoms with Crippen LogP contribution in [0.2, 0.25) is 0 Å². The molecule has 3 N–H and O–H groups in total. The van der Waals surface area contributed by atoms with E-state index in [9.17, 15) is 18.0 Å². The van der Waals surface area contributed by atoms with Gasteiger partial charge in [0.2, 0.25) is 15.9 Å². The normalized spacial score (nSPS) is 12.8. The van der Waals surface area contributed by atoms with E-state index in [1.807, 2.05) is 0 Å². The number of hydrogen-bond acceptors (Lipinski definition) is 7. The SMILES string of the molecule is CCOC(=O)NCCNC(=O)CCCCCNS(=O)(=O)c1ccc2c(c1)OCCO2. The zero-order valence-corrected chi connectivity index (χ0v) is 17.9. The predicted molar refractivity (Wildman–Crippen MR) is 109 cm³/mol. The van der Waals surface area contributed by atoms with E-state index in [2.05, 4.69) is 15.4 Å². The number of carbonyl (C=O) groups is 2. The minimum atomic E-state index is -3.63. The van der Waals surface area contributed by atoms with Crippen molar-refractivity contribution in [1.29, 1.82) is 0 Å². The Morgan fingerprint density at radius 1 is 1.00 bits per heavy atom. The molecule has 1 aliphatic rings. The van der Waals surface area contributed by atoms with Crippen LogP contribution in [0.4, 0.5) is 4.79 Å². The van der Waals surface area contributed by atoms with Gasteiger partial charge in [0.15, 0.2) is 11.5 Å². The lowest BCUT2D eigenvalue weighted by atomic mass is 10.2. The highest BCUT2D eigenvalue weighted by Gasteiger charge is 2.18. The van der Waals surface area contributed by atoms with Crippen molar-refractivity contribution in [2.45, 2.75) is 37.5 Å². The Hall–Kier alpha value is -2.53. The fourth-order valence-corrected chi connectivity index (χ4v) is 3.79. The number of fused-ring (bicyclic) bond motifs is 1. The van der Waals surface area contributed by atoms with Crippen molar-refractivity contribution >= 4 is 22.0 Å². The van der Waals surface area contributed by atoms with Gasteiger partial charge in [-0.25, -0.2) is 17.9 Å². The zero-order valence-electron chi connectivity index (χ0n) is 17.1. The van der Waals surface area contributed by atoms with Gasteiger partial charge < -0.3 is 24.8 Å². The molecule has 11 heteroatoms. The number of ether oxygens (including phenoxy) is 3. The fourth-order valence-electron chi connectivity index (χ4n) is 2.71. The van der Waals surface area contributed by atoms with Crippen LogP contribution in [0.25, 0.3) is 0 Å². The van der Waals surface area contributed by atoms with Crippen molar-refractivity contribution < 1.29 is 32.2 Å². The number of hydrogen-bond donors (Lipinski definition) is 3. The smallest absolute Gasteiger partial charge is 0.407 e. The molecule has 168 valence electrons. The van der Waals surface area contributed by atoms with Gasteiger partial charge in [-0.3, -0.25) is 4.79 Å². The first kappa shape index (κ1) is 23.7. The maximum Gasteiger partial charge on any atom is 0.407 e. The van der Waals surface area contributed by atoms with E-state index in [1.165, 1.54) is 12.1 Å². The van der Waals surface area contributed by atoms with Gasteiger partial charge in [0.05, 0.1) is 11.5 Å². The number of alkyl carbamates (subject to hydrolysis) is 1. The summed E-state index contributed by atoms with van der Waals surface area (Å²) in [6.07, 6.45) is 1.79. The van der Waals surface area contributed by atoms with Crippen LogP contribution in [0, 0.1) is 0 Å². The average molecular weight is 444 g/mol. The molecule has 2 amide bonds. The molecule has 2 rings (SSSR count). The largest absolute Gasteiger partial charge is 0.486 e. The third-order valence-electron chi connectivity index (χ3n) is 4.19. The minimum absolute atomic E-state index is 0.113. The lowest BCUT2D eigenvalue weighted by Crippen LogP contribution is -2.34. The van der Waals surface area contributed by atoms with Crippen molar-refractivity contribution in [3.8, 4) is 11.5 Å². The lowest BCUT2D eigenvalue weighted by molar-refractivity contribution is -0.121. The van der Waals surface area contributed by atoms with Crippen LogP contribution < -0.4 is 24.8 Å². The topological polar surface area (TPSA) is 132 Å². The summed E-state index contributed by atoms with van der Waals surface area (Å²) in [7, 11) is -3.63. The first-order valence-corrected chi connectivity index (χ1v) is 11.5. The maximum atomic E-state index is 12.4. The Morgan fingerprint density at radius 3 is 2.50 bits per heavy atom. The Kier molecular flexibility index (Phi) is 9.68. The molecule has 0 spiro atoms. The molecule has 0 aromatic heterocycles. The maximum absolute atomic E-state index is 12.4. The van der Waals surface area contributed by atoms with Crippen LogP contribution in [-0.2, 0) is 19.6 Å². The van der Waals surface area contributed by atoms with E-state index in [4.69, 9.17) is 14.2 Å². The quantitative estimate of drug-likeness (QED) is 0.413. The Balaban J connectivity index is 1.57. The van der Waals surface area contributed by atoms with Gasteiger partial charge in [-0.05, 0) is 31.9 Å². The summed E-state index contributed by atoms with van der Waals surface area (Å²) < 4.78 is 42.8. The lowest BCUT2D eigenvalue weighted by Gasteiger charge is -2.18. The molecule has 1 aromatic rings. The van der Waals surface area contributed by atoms with Crippen molar-refractivity contribution in [1.82, 2.24) is 15.4 Å². The molecule has 1 heterocycles. The molecule has 0 fully saturated rings. The van der Waals surface area contributed by atoms with Gasteiger partial charge in [-0.2, -0.15) is 0 Å². The number of benzene rings is 1. The summed E-state index contributed by atoms with van der Waals surface area (Å²) in [5, 5.41) is 5.21. The Labute approximate surface area is 176 Å². The molecule has 0 bridgehead atoms. The number of nitrogens with one attached hydrogen (secondary N) is 3. The van der Waals surface area contributed by atoms with Gasteiger partial charge in [0.25, 0.3) is 0 Å². The minimum Gasteiger partial charge on any atom is -0.486 e. The van der Waals surface area contributed by atoms with Gasteiger partial charge in [0.1, 0.15) is 13.2 Å². The molecule has 30 heavy (non-hydrogen) atoms. The van der Waals surface area contributed by atoms with Gasteiger partial charge in [-0.1, -0.05) is 6.42 Å². The summed E-state index contributed by atoms with van der Waals surface area (Å²) in [6, 6.07) is 4.53. The molecule has 0 saturated heterocycles. The van der Waals surface area contributed by atoms with Crippen molar-refractivity contribution in [2.75, 3.05) is 39.5 Å². The van der Waals surface area contributed by atoms with Crippen molar-refractivity contribution in [3.05, 3.63) is 18.2 Å². The van der Waals surface area contributed by atoms with E-state index in [0.29, 0.717) is 70.1 Å². The van der Waals surface area contributed by atoms with Crippen LogP contribution >= 0.6 is 0 Å². The third-order valence-corrected chi connectivity index (χ3v) is 5.65. The number of unbranched alkanes of at least 4 members (excludes halogenated alkanes) is 2. The molecule has 0 radical (unpaired) electrons. The first-order valence-electron chi connectivity index (χ1n) is 9.99. The molecule has 10 nitrogen and oxygen atoms in total.